The van der Waals surface area contributed by atoms with E-state index in [9.17, 15) is 4.79 Å². The van der Waals surface area contributed by atoms with Gasteiger partial charge in [0.15, 0.2) is 0 Å². The normalized spacial score (nSPS) is 18.1. The van der Waals surface area contributed by atoms with Gasteiger partial charge in [-0.15, -0.1) is 11.8 Å². The topological polar surface area (TPSA) is 48.0 Å². The van der Waals surface area contributed by atoms with Crippen LogP contribution < -0.4 is 9.47 Å². The molecule has 1 aromatic carbocycles. The second-order valence-electron chi connectivity index (χ2n) is 4.70. The standard InChI is InChI=1S/C15H21NO4S/c1-18-8-4-7-16-14(17)10-21-15(16)12-6-5-11(19-2)9-13(12)20-3/h5-6,9,15H,4,7-8,10H2,1-3H3. The molecule has 1 heterocycles. The fourth-order valence-electron chi connectivity index (χ4n) is 2.36. The number of rotatable bonds is 7. The Kier molecular flexibility index (Phi) is 5.76. The zero-order chi connectivity index (χ0) is 15.2. The molecule has 1 fully saturated rings. The fourth-order valence-corrected chi connectivity index (χ4v) is 3.60. The van der Waals surface area contributed by atoms with E-state index in [1.807, 2.05) is 23.1 Å². The quantitative estimate of drug-likeness (QED) is 0.723. The van der Waals surface area contributed by atoms with E-state index in [0.29, 0.717) is 18.9 Å². The third-order valence-corrected chi connectivity index (χ3v) is 4.66. The Hall–Kier alpha value is -1.40. The maximum Gasteiger partial charge on any atom is 0.233 e. The summed E-state index contributed by atoms with van der Waals surface area (Å²) < 4.78 is 15.7. The first kappa shape index (κ1) is 16.0. The van der Waals surface area contributed by atoms with Crippen LogP contribution in [-0.2, 0) is 9.53 Å². The summed E-state index contributed by atoms with van der Waals surface area (Å²) in [5.74, 6) is 2.17. The molecule has 1 unspecified atom stereocenters. The minimum atomic E-state index is -0.00443. The molecule has 0 N–H and O–H groups in total. The summed E-state index contributed by atoms with van der Waals surface area (Å²) in [7, 11) is 4.93. The largest absolute Gasteiger partial charge is 0.497 e. The molecule has 1 aromatic rings. The van der Waals surface area contributed by atoms with E-state index >= 15 is 0 Å². The number of benzene rings is 1. The first-order valence-electron chi connectivity index (χ1n) is 6.83. The molecule has 2 rings (SSSR count). The molecule has 1 saturated heterocycles. The van der Waals surface area contributed by atoms with E-state index in [4.69, 9.17) is 14.2 Å². The van der Waals surface area contributed by atoms with Crippen molar-refractivity contribution in [1.29, 1.82) is 0 Å². The van der Waals surface area contributed by atoms with E-state index < -0.39 is 0 Å². The summed E-state index contributed by atoms with van der Waals surface area (Å²) in [6.07, 6.45) is 0.831. The van der Waals surface area contributed by atoms with Crippen molar-refractivity contribution < 1.29 is 19.0 Å². The van der Waals surface area contributed by atoms with Crippen LogP contribution in [-0.4, -0.2) is 51.0 Å². The predicted molar refractivity (Wildman–Crippen MR) is 83.0 cm³/mol. The molecule has 0 aliphatic carbocycles. The molecule has 0 bridgehead atoms. The average molecular weight is 311 g/mol. The van der Waals surface area contributed by atoms with E-state index in [1.165, 1.54) is 0 Å². The Bertz CT molecular complexity index is 495. The van der Waals surface area contributed by atoms with E-state index in [-0.39, 0.29) is 11.3 Å². The SMILES string of the molecule is COCCCN1C(=O)CSC1c1ccc(OC)cc1OC. The molecule has 0 radical (unpaired) electrons. The van der Waals surface area contributed by atoms with Crippen molar-refractivity contribution >= 4 is 17.7 Å². The fraction of sp³-hybridized carbons (Fsp3) is 0.533. The van der Waals surface area contributed by atoms with Gasteiger partial charge in [0.05, 0.1) is 20.0 Å². The third-order valence-electron chi connectivity index (χ3n) is 3.42. The van der Waals surface area contributed by atoms with Gasteiger partial charge in [-0.2, -0.15) is 0 Å². The highest BCUT2D eigenvalue weighted by Gasteiger charge is 2.34. The molecule has 116 valence electrons. The second kappa shape index (κ2) is 7.56. The van der Waals surface area contributed by atoms with Gasteiger partial charge in [-0.3, -0.25) is 4.79 Å². The van der Waals surface area contributed by atoms with Gasteiger partial charge < -0.3 is 19.1 Å². The van der Waals surface area contributed by atoms with Crippen molar-refractivity contribution in [1.82, 2.24) is 4.90 Å². The maximum absolute atomic E-state index is 12.1. The van der Waals surface area contributed by atoms with Crippen molar-refractivity contribution in [3.63, 3.8) is 0 Å². The van der Waals surface area contributed by atoms with Crippen molar-refractivity contribution in [2.24, 2.45) is 0 Å². The number of nitrogens with zero attached hydrogens (tertiary/aromatic N) is 1. The van der Waals surface area contributed by atoms with Gasteiger partial charge in [0, 0.05) is 31.9 Å². The molecular weight excluding hydrogens is 290 g/mol. The Morgan fingerprint density at radius 1 is 1.29 bits per heavy atom. The van der Waals surface area contributed by atoms with Gasteiger partial charge in [-0.05, 0) is 18.6 Å². The summed E-state index contributed by atoms with van der Waals surface area (Å²) >= 11 is 1.63. The second-order valence-corrected chi connectivity index (χ2v) is 5.77. The number of carbonyl (C=O) groups excluding carboxylic acids is 1. The number of methoxy groups -OCH3 is 3. The molecule has 1 aliphatic heterocycles. The highest BCUT2D eigenvalue weighted by atomic mass is 32.2. The van der Waals surface area contributed by atoms with Crippen LogP contribution in [0.5, 0.6) is 11.5 Å². The lowest BCUT2D eigenvalue weighted by Gasteiger charge is -2.25. The van der Waals surface area contributed by atoms with Gasteiger partial charge in [-0.1, -0.05) is 0 Å². The van der Waals surface area contributed by atoms with E-state index in [1.54, 1.807) is 33.1 Å². The van der Waals surface area contributed by atoms with E-state index in [2.05, 4.69) is 0 Å². The molecule has 0 aromatic heterocycles. The number of thioether (sulfide) groups is 1. The summed E-state index contributed by atoms with van der Waals surface area (Å²) in [6, 6.07) is 5.72. The molecule has 1 aliphatic rings. The lowest BCUT2D eigenvalue weighted by atomic mass is 10.1. The van der Waals surface area contributed by atoms with E-state index in [0.717, 1.165) is 23.5 Å². The maximum atomic E-state index is 12.1. The Balaban J connectivity index is 2.20. The lowest BCUT2D eigenvalue weighted by Crippen LogP contribution is -2.30. The van der Waals surface area contributed by atoms with Gasteiger partial charge in [0.2, 0.25) is 5.91 Å². The molecule has 1 amide bonds. The monoisotopic (exact) mass is 311 g/mol. The number of hydrogen-bond donors (Lipinski definition) is 0. The Morgan fingerprint density at radius 3 is 2.76 bits per heavy atom. The molecule has 6 heteroatoms. The first-order valence-corrected chi connectivity index (χ1v) is 7.88. The first-order chi connectivity index (χ1) is 10.2. The number of ether oxygens (including phenoxy) is 3. The number of carbonyl (C=O) groups is 1. The zero-order valence-corrected chi connectivity index (χ0v) is 13.4. The summed E-state index contributed by atoms with van der Waals surface area (Å²) in [5.41, 5.74) is 1.01. The van der Waals surface area contributed by atoms with Crippen molar-refractivity contribution in [2.45, 2.75) is 11.8 Å². The van der Waals surface area contributed by atoms with Crippen LogP contribution in [0.25, 0.3) is 0 Å². The van der Waals surface area contributed by atoms with Gasteiger partial charge >= 0.3 is 0 Å². The molecule has 0 spiro atoms. The lowest BCUT2D eigenvalue weighted by molar-refractivity contribution is -0.128. The number of hydrogen-bond acceptors (Lipinski definition) is 5. The minimum Gasteiger partial charge on any atom is -0.497 e. The van der Waals surface area contributed by atoms with Crippen molar-refractivity contribution in [2.75, 3.05) is 40.2 Å². The third kappa shape index (κ3) is 3.63. The minimum absolute atomic E-state index is 0.00443. The van der Waals surface area contributed by atoms with Crippen LogP contribution >= 0.6 is 11.8 Å². The van der Waals surface area contributed by atoms with Crippen LogP contribution in [0.4, 0.5) is 0 Å². The van der Waals surface area contributed by atoms with Crippen LogP contribution in [0.2, 0.25) is 0 Å². The smallest absolute Gasteiger partial charge is 0.233 e. The molecular formula is C15H21NO4S. The van der Waals surface area contributed by atoms with Gasteiger partial charge in [0.25, 0.3) is 0 Å². The summed E-state index contributed by atoms with van der Waals surface area (Å²) in [4.78, 5) is 14.0. The zero-order valence-electron chi connectivity index (χ0n) is 12.6. The van der Waals surface area contributed by atoms with Crippen molar-refractivity contribution in [3.05, 3.63) is 23.8 Å². The Labute approximate surface area is 129 Å². The number of amides is 1. The average Bonchev–Trinajstić information content (AvgIpc) is 2.88. The molecule has 5 nitrogen and oxygen atoms in total. The van der Waals surface area contributed by atoms with Crippen LogP contribution in [0.15, 0.2) is 18.2 Å². The van der Waals surface area contributed by atoms with Crippen LogP contribution in [0.3, 0.4) is 0 Å². The van der Waals surface area contributed by atoms with Crippen LogP contribution in [0.1, 0.15) is 17.4 Å². The van der Waals surface area contributed by atoms with Gasteiger partial charge in [0.1, 0.15) is 16.9 Å². The summed E-state index contributed by atoms with van der Waals surface area (Å²) in [5, 5.41) is -0.00443. The molecule has 0 saturated carbocycles. The molecule has 1 atom stereocenters. The van der Waals surface area contributed by atoms with Crippen LogP contribution in [0, 0.1) is 0 Å². The molecule has 21 heavy (non-hydrogen) atoms. The highest BCUT2D eigenvalue weighted by molar-refractivity contribution is 8.00. The van der Waals surface area contributed by atoms with Crippen molar-refractivity contribution in [3.8, 4) is 11.5 Å². The summed E-state index contributed by atoms with van der Waals surface area (Å²) in [6.45, 7) is 1.35. The Morgan fingerprint density at radius 2 is 2.10 bits per heavy atom. The van der Waals surface area contributed by atoms with Gasteiger partial charge in [-0.25, -0.2) is 0 Å². The predicted octanol–water partition coefficient (Wildman–Crippen LogP) is 2.31. The highest BCUT2D eigenvalue weighted by Crippen LogP contribution is 2.43.